The lowest BCUT2D eigenvalue weighted by Crippen LogP contribution is -2.07. The molecule has 7 heteroatoms. The van der Waals surface area contributed by atoms with Gasteiger partial charge < -0.3 is 0 Å². The summed E-state index contributed by atoms with van der Waals surface area (Å²) in [5.41, 5.74) is -0.527. The minimum atomic E-state index is -4.06. The first kappa shape index (κ1) is 12.3. The van der Waals surface area contributed by atoms with E-state index in [1.807, 2.05) is 0 Å². The van der Waals surface area contributed by atoms with Crippen LogP contribution >= 0.6 is 10.7 Å². The second-order valence-electron chi connectivity index (χ2n) is 2.84. The fourth-order valence-corrected chi connectivity index (χ4v) is 1.88. The predicted octanol–water partition coefficient (Wildman–Crippen LogP) is 2.54. The molecule has 1 aromatic carbocycles. The van der Waals surface area contributed by atoms with Crippen LogP contribution in [-0.4, -0.2) is 14.2 Å². The van der Waals surface area contributed by atoms with E-state index in [1.54, 1.807) is 0 Å². The lowest BCUT2D eigenvalue weighted by Gasteiger charge is -2.07. The van der Waals surface area contributed by atoms with Gasteiger partial charge in [0.25, 0.3) is 0 Å². The van der Waals surface area contributed by atoms with Gasteiger partial charge in [-0.25, -0.2) is 21.6 Å². The van der Waals surface area contributed by atoms with Crippen molar-refractivity contribution >= 4 is 19.7 Å². The zero-order valence-electron chi connectivity index (χ0n) is 7.25. The fourth-order valence-electron chi connectivity index (χ4n) is 1.02. The molecule has 1 unspecified atom stereocenters. The number of hydrogen-bond donors (Lipinski definition) is 0. The molecule has 0 aliphatic heterocycles. The van der Waals surface area contributed by atoms with E-state index in [-0.39, 0.29) is 0 Å². The van der Waals surface area contributed by atoms with E-state index in [0.29, 0.717) is 6.07 Å². The predicted molar refractivity (Wildman–Crippen MR) is 49.8 cm³/mol. The first-order valence-electron chi connectivity index (χ1n) is 3.81. The summed E-state index contributed by atoms with van der Waals surface area (Å²) in [6.07, 6.45) is -2.10. The van der Waals surface area contributed by atoms with Crippen molar-refractivity contribution in [2.75, 3.05) is 5.75 Å². The van der Waals surface area contributed by atoms with E-state index < -0.39 is 38.2 Å². The fraction of sp³-hybridized carbons (Fsp3) is 0.250. The van der Waals surface area contributed by atoms with E-state index >= 15 is 0 Å². The summed E-state index contributed by atoms with van der Waals surface area (Å²) in [7, 11) is 0.736. The molecule has 1 atom stereocenters. The van der Waals surface area contributed by atoms with Crippen molar-refractivity contribution in [3.05, 3.63) is 35.4 Å². The number of halogens is 4. The average molecular weight is 259 g/mol. The Hall–Kier alpha value is -0.750. The molecule has 15 heavy (non-hydrogen) atoms. The van der Waals surface area contributed by atoms with Crippen molar-refractivity contribution in [1.82, 2.24) is 0 Å². The molecule has 0 amide bonds. The third-order valence-electron chi connectivity index (χ3n) is 1.65. The molecule has 0 N–H and O–H groups in total. The van der Waals surface area contributed by atoms with Gasteiger partial charge >= 0.3 is 0 Å². The van der Waals surface area contributed by atoms with E-state index in [4.69, 9.17) is 10.7 Å². The summed E-state index contributed by atoms with van der Waals surface area (Å²) < 4.78 is 59.6. The van der Waals surface area contributed by atoms with Crippen LogP contribution in [0, 0.1) is 11.6 Å². The standard InChI is InChI=1S/C8H6ClF3O2S/c9-15(13,14)4-8(12)6-2-1-5(10)3-7(6)11/h1-3,8H,4H2. The summed E-state index contributed by atoms with van der Waals surface area (Å²) in [6.45, 7) is 0. The smallest absolute Gasteiger partial charge is 0.235 e. The Kier molecular flexibility index (Phi) is 3.62. The Morgan fingerprint density at radius 1 is 1.33 bits per heavy atom. The van der Waals surface area contributed by atoms with Crippen LogP contribution in [0.2, 0.25) is 0 Å². The van der Waals surface area contributed by atoms with Crippen molar-refractivity contribution in [3.8, 4) is 0 Å². The monoisotopic (exact) mass is 258 g/mol. The van der Waals surface area contributed by atoms with E-state index in [1.165, 1.54) is 0 Å². The van der Waals surface area contributed by atoms with Gasteiger partial charge in [-0.1, -0.05) is 6.07 Å². The Morgan fingerprint density at radius 3 is 2.40 bits per heavy atom. The first-order chi connectivity index (χ1) is 6.79. The number of alkyl halides is 1. The van der Waals surface area contributed by atoms with Crippen molar-refractivity contribution < 1.29 is 21.6 Å². The van der Waals surface area contributed by atoms with Crippen molar-refractivity contribution in [1.29, 1.82) is 0 Å². The summed E-state index contributed by atoms with van der Waals surface area (Å²) in [5, 5.41) is 0. The zero-order chi connectivity index (χ0) is 11.6. The third kappa shape index (κ3) is 3.71. The molecule has 0 fully saturated rings. The number of benzene rings is 1. The topological polar surface area (TPSA) is 34.1 Å². The number of rotatable bonds is 3. The second kappa shape index (κ2) is 4.40. The molecule has 0 heterocycles. The van der Waals surface area contributed by atoms with Crippen LogP contribution in [0.25, 0.3) is 0 Å². The quantitative estimate of drug-likeness (QED) is 0.781. The molecule has 1 aromatic rings. The Morgan fingerprint density at radius 2 is 1.93 bits per heavy atom. The first-order valence-corrected chi connectivity index (χ1v) is 6.29. The minimum Gasteiger partial charge on any atom is -0.241 e. The average Bonchev–Trinajstić information content (AvgIpc) is 1.99. The highest BCUT2D eigenvalue weighted by molar-refractivity contribution is 8.13. The van der Waals surface area contributed by atoms with Gasteiger partial charge in [-0.3, -0.25) is 0 Å². The summed E-state index contributed by atoms with van der Waals surface area (Å²) >= 11 is 0. The van der Waals surface area contributed by atoms with Crippen LogP contribution in [0.3, 0.4) is 0 Å². The molecule has 0 aliphatic rings. The van der Waals surface area contributed by atoms with Gasteiger partial charge in [0.2, 0.25) is 9.05 Å². The van der Waals surface area contributed by atoms with Crippen molar-refractivity contribution in [2.24, 2.45) is 0 Å². The summed E-state index contributed by atoms with van der Waals surface area (Å²) in [5.74, 6) is -3.04. The van der Waals surface area contributed by atoms with Gasteiger partial charge in [0.1, 0.15) is 23.6 Å². The van der Waals surface area contributed by atoms with Crippen molar-refractivity contribution in [3.63, 3.8) is 0 Å². The molecule has 0 bridgehead atoms. The lowest BCUT2D eigenvalue weighted by molar-refractivity contribution is 0.362. The minimum absolute atomic E-state index is 0.475. The van der Waals surface area contributed by atoms with Crippen LogP contribution < -0.4 is 0 Å². The highest BCUT2D eigenvalue weighted by Crippen LogP contribution is 2.24. The Bertz CT molecular complexity index is 461. The van der Waals surface area contributed by atoms with E-state index in [2.05, 4.69) is 0 Å². The molecular formula is C8H6ClF3O2S. The molecule has 1 rings (SSSR count). The Labute approximate surface area is 89.1 Å². The van der Waals surface area contributed by atoms with Crippen LogP contribution in [0.4, 0.5) is 13.2 Å². The molecule has 0 radical (unpaired) electrons. The van der Waals surface area contributed by atoms with Gasteiger partial charge in [-0.2, -0.15) is 0 Å². The van der Waals surface area contributed by atoms with E-state index in [9.17, 15) is 21.6 Å². The summed E-state index contributed by atoms with van der Waals surface area (Å²) in [4.78, 5) is 0. The van der Waals surface area contributed by atoms with Gasteiger partial charge in [0.15, 0.2) is 0 Å². The normalized spacial score (nSPS) is 13.9. The zero-order valence-corrected chi connectivity index (χ0v) is 8.83. The van der Waals surface area contributed by atoms with Crippen LogP contribution in [0.15, 0.2) is 18.2 Å². The van der Waals surface area contributed by atoms with Crippen LogP contribution in [-0.2, 0) is 9.05 Å². The maximum atomic E-state index is 13.2. The molecule has 2 nitrogen and oxygen atoms in total. The third-order valence-corrected chi connectivity index (χ3v) is 2.71. The molecule has 0 aliphatic carbocycles. The maximum absolute atomic E-state index is 13.2. The SMILES string of the molecule is O=S(=O)(Cl)CC(F)c1ccc(F)cc1F. The van der Waals surface area contributed by atoms with Crippen LogP contribution in [0.1, 0.15) is 11.7 Å². The molecule has 0 saturated carbocycles. The summed E-state index contributed by atoms with van der Waals surface area (Å²) in [6, 6.07) is 2.16. The molecular weight excluding hydrogens is 253 g/mol. The number of hydrogen-bond acceptors (Lipinski definition) is 2. The van der Waals surface area contributed by atoms with Crippen molar-refractivity contribution in [2.45, 2.75) is 6.17 Å². The highest BCUT2D eigenvalue weighted by atomic mass is 35.7. The molecule has 0 saturated heterocycles. The van der Waals surface area contributed by atoms with Gasteiger partial charge in [-0.15, -0.1) is 0 Å². The van der Waals surface area contributed by atoms with Gasteiger partial charge in [0.05, 0.1) is 0 Å². The second-order valence-corrected chi connectivity index (χ2v) is 5.66. The molecule has 0 spiro atoms. The molecule has 84 valence electrons. The van der Waals surface area contributed by atoms with Crippen LogP contribution in [0.5, 0.6) is 0 Å². The lowest BCUT2D eigenvalue weighted by atomic mass is 10.1. The Balaban J connectivity index is 2.97. The largest absolute Gasteiger partial charge is 0.241 e. The van der Waals surface area contributed by atoms with E-state index in [0.717, 1.165) is 12.1 Å². The maximum Gasteiger partial charge on any atom is 0.235 e. The van der Waals surface area contributed by atoms with Gasteiger partial charge in [0, 0.05) is 22.3 Å². The van der Waals surface area contributed by atoms with Gasteiger partial charge in [-0.05, 0) is 6.07 Å². The molecule has 0 aromatic heterocycles. The highest BCUT2D eigenvalue weighted by Gasteiger charge is 2.21.